The highest BCUT2D eigenvalue weighted by atomic mass is 79.9. The lowest BCUT2D eigenvalue weighted by atomic mass is 9.95. The predicted molar refractivity (Wildman–Crippen MR) is 116 cm³/mol. The molecule has 150 valence electrons. The van der Waals surface area contributed by atoms with E-state index >= 15 is 0 Å². The van der Waals surface area contributed by atoms with Crippen LogP contribution in [0.15, 0.2) is 83.0 Å². The molecule has 3 aromatic rings. The van der Waals surface area contributed by atoms with Crippen molar-refractivity contribution in [3.63, 3.8) is 0 Å². The largest absolute Gasteiger partial charge is 0.507 e. The first-order valence-electron chi connectivity index (χ1n) is 9.13. The number of aromatic nitrogens is 1. The Hall–Kier alpha value is -3.45. The number of nitrogens with zero attached hydrogens (tertiary/aromatic N) is 2. The van der Waals surface area contributed by atoms with Gasteiger partial charge in [-0.3, -0.25) is 14.5 Å². The van der Waals surface area contributed by atoms with Gasteiger partial charge in [-0.1, -0.05) is 34.1 Å². The Morgan fingerprint density at radius 1 is 1.07 bits per heavy atom. The molecular weight excluding hydrogens is 448 g/mol. The number of benzene rings is 2. The second-order valence-electron chi connectivity index (χ2n) is 6.64. The Kier molecular flexibility index (Phi) is 5.37. The predicted octanol–water partition coefficient (Wildman–Crippen LogP) is 4.48. The Labute approximate surface area is 181 Å². The molecule has 4 rings (SSSR count). The number of carbonyl (C=O) groups excluding carboxylic acids is 2. The first-order valence-corrected chi connectivity index (χ1v) is 9.92. The van der Waals surface area contributed by atoms with E-state index in [0.717, 1.165) is 4.47 Å². The topological polar surface area (TPSA) is 79.7 Å². The number of aliphatic hydroxyl groups excluding tert-OH is 1. The smallest absolute Gasteiger partial charge is 0.301 e. The fourth-order valence-corrected chi connectivity index (χ4v) is 3.88. The summed E-state index contributed by atoms with van der Waals surface area (Å²) < 4.78 is 5.94. The van der Waals surface area contributed by atoms with Crippen molar-refractivity contribution in [3.8, 4) is 5.75 Å². The van der Waals surface area contributed by atoms with Gasteiger partial charge in [-0.05, 0) is 54.1 Å². The van der Waals surface area contributed by atoms with Crippen molar-refractivity contribution in [1.29, 1.82) is 0 Å². The first-order chi connectivity index (χ1) is 14.5. The Morgan fingerprint density at radius 2 is 1.83 bits per heavy atom. The summed E-state index contributed by atoms with van der Waals surface area (Å²) in [6.45, 7) is 0. The van der Waals surface area contributed by atoms with E-state index in [1.54, 1.807) is 61.8 Å². The van der Waals surface area contributed by atoms with Crippen LogP contribution < -0.4 is 9.64 Å². The van der Waals surface area contributed by atoms with Crippen LogP contribution in [0.3, 0.4) is 0 Å². The molecule has 0 aliphatic carbocycles. The summed E-state index contributed by atoms with van der Waals surface area (Å²) in [6.07, 6.45) is 1.55. The number of ketones is 1. The van der Waals surface area contributed by atoms with Gasteiger partial charge in [-0.2, -0.15) is 0 Å². The minimum Gasteiger partial charge on any atom is -0.507 e. The summed E-state index contributed by atoms with van der Waals surface area (Å²) in [7, 11) is 1.54. The quantitative estimate of drug-likeness (QED) is 0.349. The number of carbonyl (C=O) groups is 2. The van der Waals surface area contributed by atoms with Crippen molar-refractivity contribution in [2.45, 2.75) is 6.04 Å². The Bertz CT molecular complexity index is 1140. The summed E-state index contributed by atoms with van der Waals surface area (Å²) in [5.74, 6) is -0.811. The van der Waals surface area contributed by atoms with Crippen LogP contribution in [0.2, 0.25) is 0 Å². The second kappa shape index (κ2) is 8.12. The van der Waals surface area contributed by atoms with Gasteiger partial charge in [0.2, 0.25) is 0 Å². The molecule has 1 aliphatic heterocycles. The lowest BCUT2D eigenvalue weighted by molar-refractivity contribution is -0.132. The van der Waals surface area contributed by atoms with Crippen LogP contribution >= 0.6 is 15.9 Å². The number of rotatable bonds is 4. The summed E-state index contributed by atoms with van der Waals surface area (Å²) in [4.78, 5) is 31.6. The second-order valence-corrected chi connectivity index (χ2v) is 7.56. The van der Waals surface area contributed by atoms with Crippen molar-refractivity contribution in [1.82, 2.24) is 4.98 Å². The minimum absolute atomic E-state index is 0.00826. The molecule has 1 aliphatic rings. The molecule has 6 nitrogen and oxygen atoms in total. The molecule has 2 heterocycles. The Morgan fingerprint density at radius 3 is 2.47 bits per heavy atom. The molecule has 1 fully saturated rings. The third-order valence-corrected chi connectivity index (χ3v) is 5.36. The van der Waals surface area contributed by atoms with Gasteiger partial charge in [-0.25, -0.2) is 4.98 Å². The van der Waals surface area contributed by atoms with Gasteiger partial charge in [0, 0.05) is 16.2 Å². The average molecular weight is 465 g/mol. The van der Waals surface area contributed by atoms with Gasteiger partial charge < -0.3 is 9.84 Å². The first kappa shape index (κ1) is 19.8. The fourth-order valence-electron chi connectivity index (χ4n) is 3.46. The summed E-state index contributed by atoms with van der Waals surface area (Å²) in [6, 6.07) is 18.2. The number of halogens is 1. The highest BCUT2D eigenvalue weighted by molar-refractivity contribution is 9.10. The number of pyridine rings is 1. The molecule has 7 heteroatoms. The van der Waals surface area contributed by atoms with Crippen LogP contribution in [0.4, 0.5) is 5.82 Å². The molecule has 0 radical (unpaired) electrons. The van der Waals surface area contributed by atoms with E-state index in [2.05, 4.69) is 20.9 Å². The van der Waals surface area contributed by atoms with Crippen molar-refractivity contribution < 1.29 is 19.4 Å². The molecular formula is C23H17BrN2O4. The van der Waals surface area contributed by atoms with E-state index in [1.165, 1.54) is 4.90 Å². The number of methoxy groups -OCH3 is 1. The van der Waals surface area contributed by atoms with E-state index in [-0.39, 0.29) is 11.3 Å². The maximum absolute atomic E-state index is 13.0. The molecule has 0 unspecified atom stereocenters. The van der Waals surface area contributed by atoms with Crippen LogP contribution in [0.1, 0.15) is 17.2 Å². The van der Waals surface area contributed by atoms with E-state index < -0.39 is 17.7 Å². The minimum atomic E-state index is -0.820. The molecule has 0 saturated carbocycles. The summed E-state index contributed by atoms with van der Waals surface area (Å²) >= 11 is 3.44. The maximum Gasteiger partial charge on any atom is 0.301 e. The highest BCUT2D eigenvalue weighted by Gasteiger charge is 2.47. The number of hydrogen-bond donors (Lipinski definition) is 1. The number of ether oxygens (including phenoxy) is 1. The zero-order chi connectivity index (χ0) is 21.3. The summed E-state index contributed by atoms with van der Waals surface area (Å²) in [5, 5.41) is 11.0. The molecule has 1 amide bonds. The number of amides is 1. The van der Waals surface area contributed by atoms with Crippen LogP contribution in [0.25, 0.3) is 5.76 Å². The zero-order valence-electron chi connectivity index (χ0n) is 15.9. The van der Waals surface area contributed by atoms with Crippen LogP contribution in [0, 0.1) is 0 Å². The van der Waals surface area contributed by atoms with Crippen molar-refractivity contribution in [2.75, 3.05) is 12.0 Å². The number of anilines is 1. The molecule has 0 bridgehead atoms. The number of aliphatic hydroxyl groups is 1. The van der Waals surface area contributed by atoms with Crippen LogP contribution in [-0.2, 0) is 9.59 Å². The zero-order valence-corrected chi connectivity index (χ0v) is 17.5. The van der Waals surface area contributed by atoms with Gasteiger partial charge in [0.15, 0.2) is 0 Å². The third kappa shape index (κ3) is 3.48. The number of Topliss-reactive ketones (excluding diaryl/α,β-unsaturated/α-hetero) is 1. The van der Waals surface area contributed by atoms with Crippen molar-refractivity contribution in [2.24, 2.45) is 0 Å². The lowest BCUT2D eigenvalue weighted by Gasteiger charge is -2.24. The van der Waals surface area contributed by atoms with E-state index in [1.807, 2.05) is 18.2 Å². The molecule has 0 spiro atoms. The van der Waals surface area contributed by atoms with Gasteiger partial charge in [0.25, 0.3) is 5.78 Å². The van der Waals surface area contributed by atoms with Gasteiger partial charge >= 0.3 is 5.91 Å². The van der Waals surface area contributed by atoms with Crippen molar-refractivity contribution in [3.05, 3.63) is 94.1 Å². The highest BCUT2D eigenvalue weighted by Crippen LogP contribution is 2.42. The molecule has 2 aromatic carbocycles. The van der Waals surface area contributed by atoms with E-state index in [4.69, 9.17) is 4.74 Å². The molecule has 1 aromatic heterocycles. The average Bonchev–Trinajstić information content (AvgIpc) is 3.04. The standard InChI is InChI=1S/C23H17BrN2O4/c1-30-17-10-8-14(9-11-17)21(27)19-20(15-5-4-6-16(24)13-15)26(23(29)22(19)28)18-7-2-3-12-25-18/h2-13,20,27H,1H3/b21-19+/t20-/m0/s1. The van der Waals surface area contributed by atoms with E-state index in [0.29, 0.717) is 22.7 Å². The normalized spacial score (nSPS) is 17.9. The summed E-state index contributed by atoms with van der Waals surface area (Å²) in [5.41, 5.74) is 1.09. The van der Waals surface area contributed by atoms with Crippen LogP contribution in [-0.4, -0.2) is 28.9 Å². The maximum atomic E-state index is 13.0. The SMILES string of the molecule is COc1ccc(/C(O)=C2\C(=O)C(=O)N(c3ccccn3)[C@H]2c2cccc(Br)c2)cc1. The van der Waals surface area contributed by atoms with Crippen molar-refractivity contribution >= 4 is 39.2 Å². The van der Waals surface area contributed by atoms with Gasteiger partial charge in [0.1, 0.15) is 17.3 Å². The fraction of sp³-hybridized carbons (Fsp3) is 0.0870. The molecule has 30 heavy (non-hydrogen) atoms. The third-order valence-electron chi connectivity index (χ3n) is 4.87. The molecule has 1 atom stereocenters. The molecule has 1 N–H and O–H groups in total. The van der Waals surface area contributed by atoms with Gasteiger partial charge in [-0.15, -0.1) is 0 Å². The molecule has 1 saturated heterocycles. The van der Waals surface area contributed by atoms with Crippen LogP contribution in [0.5, 0.6) is 5.75 Å². The number of hydrogen-bond acceptors (Lipinski definition) is 5. The lowest BCUT2D eigenvalue weighted by Crippen LogP contribution is -2.30. The Balaban J connectivity index is 1.93. The van der Waals surface area contributed by atoms with Gasteiger partial charge in [0.05, 0.1) is 18.7 Å². The van der Waals surface area contributed by atoms with E-state index in [9.17, 15) is 14.7 Å². The monoisotopic (exact) mass is 464 g/mol.